The van der Waals surface area contributed by atoms with Gasteiger partial charge in [-0.15, -0.1) is 0 Å². The summed E-state index contributed by atoms with van der Waals surface area (Å²) in [6, 6.07) is -0.336. The topological polar surface area (TPSA) is 71.9 Å². The Bertz CT molecular complexity index is 314. The maximum Gasteiger partial charge on any atom is 0.323 e. The van der Waals surface area contributed by atoms with Gasteiger partial charge in [0.05, 0.1) is 20.7 Å². The van der Waals surface area contributed by atoms with Gasteiger partial charge in [0, 0.05) is 5.70 Å². The van der Waals surface area contributed by atoms with Crippen LogP contribution in [0.3, 0.4) is 0 Å². The number of esters is 1. The van der Waals surface area contributed by atoms with E-state index in [1.54, 1.807) is 6.92 Å². The van der Waals surface area contributed by atoms with E-state index in [4.69, 9.17) is 4.74 Å². The van der Waals surface area contributed by atoms with Gasteiger partial charge in [-0.2, -0.15) is 0 Å². The van der Waals surface area contributed by atoms with E-state index in [-0.39, 0.29) is 18.2 Å². The molecular formula is C10H18N3O3+. The van der Waals surface area contributed by atoms with Crippen molar-refractivity contribution in [3.8, 4) is 0 Å². The van der Waals surface area contributed by atoms with Crippen LogP contribution < -0.4 is 15.5 Å². The number of quaternary nitrogens is 1. The third-order valence-corrected chi connectivity index (χ3v) is 2.43. The summed E-state index contributed by atoms with van der Waals surface area (Å²) < 4.78 is 4.96. The van der Waals surface area contributed by atoms with Crippen LogP contribution in [-0.2, 0) is 9.53 Å². The summed E-state index contributed by atoms with van der Waals surface area (Å²) in [5.41, 5.74) is 0.383. The number of nitrogens with one attached hydrogen (secondary N) is 3. The van der Waals surface area contributed by atoms with Crippen molar-refractivity contribution in [1.82, 2.24) is 10.6 Å². The molecule has 1 fully saturated rings. The zero-order chi connectivity index (χ0) is 12.3. The Hall–Kier alpha value is -1.56. The summed E-state index contributed by atoms with van der Waals surface area (Å²) >= 11 is 0. The first-order chi connectivity index (χ1) is 7.47. The second-order valence-electron chi connectivity index (χ2n) is 3.91. The quantitative estimate of drug-likeness (QED) is 0.513. The molecule has 0 aliphatic carbocycles. The van der Waals surface area contributed by atoms with Crippen LogP contribution in [0.4, 0.5) is 4.79 Å². The van der Waals surface area contributed by atoms with Crippen molar-refractivity contribution in [2.75, 3.05) is 20.7 Å². The fourth-order valence-electron chi connectivity index (χ4n) is 1.67. The summed E-state index contributed by atoms with van der Waals surface area (Å²) in [6.07, 6.45) is -0.347. The van der Waals surface area contributed by atoms with Crippen LogP contribution >= 0.6 is 0 Å². The highest BCUT2D eigenvalue weighted by atomic mass is 16.5. The molecule has 0 radical (unpaired) electrons. The van der Waals surface area contributed by atoms with Crippen LogP contribution in [0.5, 0.6) is 0 Å². The molecule has 90 valence electrons. The second kappa shape index (κ2) is 4.98. The Morgan fingerprint density at radius 2 is 2.19 bits per heavy atom. The predicted molar refractivity (Wildman–Crippen MR) is 57.5 cm³/mol. The molecule has 3 N–H and O–H groups in total. The third kappa shape index (κ3) is 2.52. The highest BCUT2D eigenvalue weighted by Gasteiger charge is 2.41. The number of urea groups is 1. The van der Waals surface area contributed by atoms with Crippen LogP contribution in [0.15, 0.2) is 12.3 Å². The van der Waals surface area contributed by atoms with Gasteiger partial charge < -0.3 is 15.0 Å². The molecule has 0 bridgehead atoms. The van der Waals surface area contributed by atoms with Gasteiger partial charge >= 0.3 is 12.0 Å². The normalized spacial score (nSPS) is 25.0. The SMILES string of the molecule is C=C1NC(=O)NC([NH+](C)C)C1C(=O)OCC. The molecule has 2 unspecified atom stereocenters. The van der Waals surface area contributed by atoms with Gasteiger partial charge in [-0.3, -0.25) is 10.1 Å². The Labute approximate surface area is 94.6 Å². The largest absolute Gasteiger partial charge is 0.465 e. The van der Waals surface area contributed by atoms with E-state index in [0.29, 0.717) is 12.3 Å². The minimum atomic E-state index is -0.553. The van der Waals surface area contributed by atoms with Crippen molar-refractivity contribution in [1.29, 1.82) is 0 Å². The van der Waals surface area contributed by atoms with E-state index < -0.39 is 5.92 Å². The van der Waals surface area contributed by atoms with E-state index >= 15 is 0 Å². The predicted octanol–water partition coefficient (Wildman–Crippen LogP) is -1.54. The summed E-state index contributed by atoms with van der Waals surface area (Å²) in [7, 11) is 3.71. The summed E-state index contributed by atoms with van der Waals surface area (Å²) in [5, 5.41) is 5.18. The summed E-state index contributed by atoms with van der Waals surface area (Å²) in [5.74, 6) is -0.922. The lowest BCUT2D eigenvalue weighted by molar-refractivity contribution is -0.891. The highest BCUT2D eigenvalue weighted by molar-refractivity contribution is 5.84. The van der Waals surface area contributed by atoms with Crippen molar-refractivity contribution in [3.63, 3.8) is 0 Å². The first-order valence-corrected chi connectivity index (χ1v) is 5.20. The van der Waals surface area contributed by atoms with E-state index in [1.807, 2.05) is 14.1 Å². The lowest BCUT2D eigenvalue weighted by atomic mass is 10.00. The molecule has 2 atom stereocenters. The number of amides is 2. The van der Waals surface area contributed by atoms with Crippen molar-refractivity contribution < 1.29 is 19.2 Å². The molecule has 2 amide bonds. The van der Waals surface area contributed by atoms with Crippen LogP contribution in [0.1, 0.15) is 6.92 Å². The Morgan fingerprint density at radius 3 is 2.69 bits per heavy atom. The van der Waals surface area contributed by atoms with Gasteiger partial charge in [0.1, 0.15) is 0 Å². The maximum absolute atomic E-state index is 11.7. The van der Waals surface area contributed by atoms with Crippen LogP contribution in [0, 0.1) is 5.92 Å². The summed E-state index contributed by atoms with van der Waals surface area (Å²) in [4.78, 5) is 23.9. The maximum atomic E-state index is 11.7. The van der Waals surface area contributed by atoms with E-state index in [9.17, 15) is 9.59 Å². The molecule has 6 nitrogen and oxygen atoms in total. The Kier molecular flexibility index (Phi) is 3.89. The third-order valence-electron chi connectivity index (χ3n) is 2.43. The first kappa shape index (κ1) is 12.5. The first-order valence-electron chi connectivity index (χ1n) is 5.20. The van der Waals surface area contributed by atoms with Crippen molar-refractivity contribution >= 4 is 12.0 Å². The standard InChI is InChI=1S/C10H17N3O3/c1-5-16-9(14)7-6(2)11-10(15)12-8(7)13(3)4/h7-8H,2,5H2,1,3-4H3,(H2,11,12,15)/p+1. The minimum Gasteiger partial charge on any atom is -0.465 e. The molecule has 0 aromatic carbocycles. The molecular weight excluding hydrogens is 210 g/mol. The van der Waals surface area contributed by atoms with E-state index in [0.717, 1.165) is 4.90 Å². The second-order valence-corrected chi connectivity index (χ2v) is 3.91. The van der Waals surface area contributed by atoms with Crippen molar-refractivity contribution in [2.45, 2.75) is 13.1 Å². The number of rotatable bonds is 3. The molecule has 0 aromatic rings. The molecule has 1 aliphatic rings. The molecule has 1 saturated heterocycles. The molecule has 0 saturated carbocycles. The van der Waals surface area contributed by atoms with Gasteiger partial charge in [0.15, 0.2) is 12.1 Å². The highest BCUT2D eigenvalue weighted by Crippen LogP contribution is 2.14. The average Bonchev–Trinajstić information content (AvgIpc) is 2.16. The monoisotopic (exact) mass is 228 g/mol. The van der Waals surface area contributed by atoms with Gasteiger partial charge in [0.25, 0.3) is 0 Å². The molecule has 0 aromatic heterocycles. The molecule has 1 rings (SSSR count). The van der Waals surface area contributed by atoms with Gasteiger partial charge in [-0.1, -0.05) is 6.58 Å². The summed E-state index contributed by atoms with van der Waals surface area (Å²) in [6.45, 7) is 5.75. The van der Waals surface area contributed by atoms with Gasteiger partial charge in [-0.05, 0) is 6.92 Å². The van der Waals surface area contributed by atoms with E-state index in [2.05, 4.69) is 17.2 Å². The lowest BCUT2D eigenvalue weighted by Gasteiger charge is -2.33. The Balaban J connectivity index is 2.87. The number of carbonyl (C=O) groups is 2. The van der Waals surface area contributed by atoms with Crippen LogP contribution in [-0.4, -0.2) is 38.9 Å². The average molecular weight is 228 g/mol. The number of ether oxygens (including phenoxy) is 1. The molecule has 0 spiro atoms. The molecule has 6 heteroatoms. The fourth-order valence-corrected chi connectivity index (χ4v) is 1.67. The van der Waals surface area contributed by atoms with E-state index in [1.165, 1.54) is 0 Å². The van der Waals surface area contributed by atoms with Crippen LogP contribution in [0.2, 0.25) is 0 Å². The minimum absolute atomic E-state index is 0.312. The van der Waals surface area contributed by atoms with Gasteiger partial charge in [-0.25, -0.2) is 4.79 Å². The lowest BCUT2D eigenvalue weighted by Crippen LogP contribution is -3.14. The Morgan fingerprint density at radius 1 is 1.56 bits per heavy atom. The number of hydrogen-bond acceptors (Lipinski definition) is 3. The smallest absolute Gasteiger partial charge is 0.323 e. The number of hydrogen-bond donors (Lipinski definition) is 3. The fraction of sp³-hybridized carbons (Fsp3) is 0.600. The zero-order valence-corrected chi connectivity index (χ0v) is 9.79. The van der Waals surface area contributed by atoms with Crippen molar-refractivity contribution in [2.24, 2.45) is 5.92 Å². The molecule has 16 heavy (non-hydrogen) atoms. The molecule has 1 heterocycles. The van der Waals surface area contributed by atoms with Gasteiger partial charge in [0.2, 0.25) is 0 Å². The molecule has 1 aliphatic heterocycles. The van der Waals surface area contributed by atoms with Crippen LogP contribution in [0.25, 0.3) is 0 Å². The zero-order valence-electron chi connectivity index (χ0n) is 9.79. The van der Waals surface area contributed by atoms with Crippen molar-refractivity contribution in [3.05, 3.63) is 12.3 Å². The number of carbonyl (C=O) groups excluding carboxylic acids is 2.